The first kappa shape index (κ1) is 15.1. The molecule has 0 amide bonds. The lowest BCUT2D eigenvalue weighted by atomic mass is 10.2. The van der Waals surface area contributed by atoms with E-state index in [1.165, 1.54) is 7.11 Å². The highest BCUT2D eigenvalue weighted by Crippen LogP contribution is 2.23. The number of benzene rings is 1. The molecule has 1 heterocycles. The Morgan fingerprint density at radius 2 is 2.10 bits per heavy atom. The number of nitrogens with zero attached hydrogens (tertiary/aromatic N) is 2. The van der Waals surface area contributed by atoms with Gasteiger partial charge in [-0.2, -0.15) is 0 Å². The van der Waals surface area contributed by atoms with Crippen LogP contribution in [-0.4, -0.2) is 28.8 Å². The van der Waals surface area contributed by atoms with Crippen LogP contribution in [-0.2, 0) is 17.9 Å². The Hall–Kier alpha value is -1.27. The minimum Gasteiger partial charge on any atom is -0.449 e. The number of aliphatic hydroxyl groups is 1. The molecule has 1 aromatic heterocycles. The second-order valence-corrected chi connectivity index (χ2v) is 4.92. The van der Waals surface area contributed by atoms with Crippen molar-refractivity contribution in [1.29, 1.82) is 0 Å². The molecular weight excluding hydrogens is 303 g/mol. The molecule has 0 aliphatic heterocycles. The van der Waals surface area contributed by atoms with Gasteiger partial charge in [-0.15, -0.1) is 5.10 Å². The smallest absolute Gasteiger partial charge is 0.235 e. The van der Waals surface area contributed by atoms with Crippen LogP contribution in [0, 0.1) is 0 Å². The third-order valence-corrected chi connectivity index (χ3v) is 3.25. The Morgan fingerprint density at radius 1 is 1.30 bits per heavy atom. The first-order valence-electron chi connectivity index (χ1n) is 5.87. The van der Waals surface area contributed by atoms with Crippen LogP contribution >= 0.6 is 23.2 Å². The molecule has 1 N–H and O–H groups in total. The molecule has 0 aliphatic carbocycles. The van der Waals surface area contributed by atoms with Crippen LogP contribution in [0.2, 0.25) is 10.0 Å². The minimum absolute atomic E-state index is 0.101. The molecule has 7 heteroatoms. The van der Waals surface area contributed by atoms with Gasteiger partial charge < -0.3 is 14.6 Å². The van der Waals surface area contributed by atoms with E-state index < -0.39 is 0 Å². The van der Waals surface area contributed by atoms with Crippen LogP contribution in [0.1, 0.15) is 11.3 Å². The van der Waals surface area contributed by atoms with E-state index in [4.69, 9.17) is 32.7 Å². The van der Waals surface area contributed by atoms with E-state index in [-0.39, 0.29) is 13.4 Å². The van der Waals surface area contributed by atoms with E-state index in [1.807, 2.05) is 6.07 Å². The van der Waals surface area contributed by atoms with Crippen molar-refractivity contribution < 1.29 is 14.6 Å². The third-order valence-electron chi connectivity index (χ3n) is 2.66. The van der Waals surface area contributed by atoms with Gasteiger partial charge in [0.1, 0.15) is 0 Å². The van der Waals surface area contributed by atoms with Gasteiger partial charge in [0.25, 0.3) is 0 Å². The van der Waals surface area contributed by atoms with Crippen molar-refractivity contribution in [3.05, 3.63) is 45.6 Å². The zero-order chi connectivity index (χ0) is 14.5. The maximum absolute atomic E-state index is 9.35. The van der Waals surface area contributed by atoms with E-state index in [9.17, 15) is 5.11 Å². The lowest BCUT2D eigenvalue weighted by Crippen LogP contribution is -2.07. The summed E-state index contributed by atoms with van der Waals surface area (Å²) in [5.74, 6) is 0.390. The summed E-state index contributed by atoms with van der Waals surface area (Å²) in [6.45, 7) is 0.375. The quantitative estimate of drug-likeness (QED) is 0.832. The fourth-order valence-corrected chi connectivity index (χ4v) is 2.16. The van der Waals surface area contributed by atoms with Gasteiger partial charge in [0.15, 0.2) is 6.79 Å². The second-order valence-electron chi connectivity index (χ2n) is 4.08. The molecule has 0 fully saturated rings. The predicted molar refractivity (Wildman–Crippen MR) is 76.2 cm³/mol. The number of methoxy groups -OCH3 is 1. The normalized spacial score (nSPS) is 10.8. The summed E-state index contributed by atoms with van der Waals surface area (Å²) >= 11 is 12.0. The van der Waals surface area contributed by atoms with Gasteiger partial charge in [0.05, 0.1) is 18.8 Å². The van der Waals surface area contributed by atoms with Gasteiger partial charge in [0, 0.05) is 23.2 Å². The average molecular weight is 317 g/mol. The fourth-order valence-electron chi connectivity index (χ4n) is 1.69. The minimum atomic E-state index is -0.144. The van der Waals surface area contributed by atoms with Crippen molar-refractivity contribution in [2.45, 2.75) is 13.2 Å². The molecule has 2 rings (SSSR count). The molecule has 0 aliphatic rings. The molecule has 108 valence electrons. The van der Waals surface area contributed by atoms with Gasteiger partial charge in [-0.25, -0.2) is 0 Å². The number of hydrogen-bond acceptors (Lipinski definition) is 4. The van der Waals surface area contributed by atoms with Gasteiger partial charge in [-0.1, -0.05) is 29.3 Å². The van der Waals surface area contributed by atoms with E-state index in [1.54, 1.807) is 22.9 Å². The number of halogens is 2. The highest BCUT2D eigenvalue weighted by Gasteiger charge is 2.10. The maximum Gasteiger partial charge on any atom is 0.235 e. The number of aromatic nitrogens is 2. The van der Waals surface area contributed by atoms with E-state index in [0.29, 0.717) is 28.2 Å². The van der Waals surface area contributed by atoms with Crippen molar-refractivity contribution in [2.24, 2.45) is 0 Å². The third kappa shape index (κ3) is 3.64. The molecule has 1 aromatic carbocycles. The largest absolute Gasteiger partial charge is 0.449 e. The summed E-state index contributed by atoms with van der Waals surface area (Å²) in [7, 11) is 1.53. The van der Waals surface area contributed by atoms with Crippen molar-refractivity contribution >= 4 is 23.2 Å². The van der Waals surface area contributed by atoms with Crippen LogP contribution in [0.3, 0.4) is 0 Å². The van der Waals surface area contributed by atoms with Crippen LogP contribution in [0.25, 0.3) is 0 Å². The second kappa shape index (κ2) is 6.95. The topological polar surface area (TPSA) is 56.5 Å². The SMILES string of the molecule is COCOc1cc(CO)n(Cc2ccc(Cl)cc2Cl)n1. The molecule has 5 nitrogen and oxygen atoms in total. The molecule has 0 unspecified atom stereocenters. The van der Waals surface area contributed by atoms with E-state index >= 15 is 0 Å². The standard InChI is InChI=1S/C13H14Cl2N2O3/c1-19-8-20-13-5-11(7-18)17(16-13)6-9-2-3-10(14)4-12(9)15/h2-5,18H,6-8H2,1H3. The van der Waals surface area contributed by atoms with Crippen LogP contribution in [0.5, 0.6) is 5.88 Å². The summed E-state index contributed by atoms with van der Waals surface area (Å²) in [6.07, 6.45) is 0. The van der Waals surface area contributed by atoms with Gasteiger partial charge in [-0.3, -0.25) is 4.68 Å². The Labute approximate surface area is 126 Å². The highest BCUT2D eigenvalue weighted by atomic mass is 35.5. The Kier molecular flexibility index (Phi) is 5.25. The lowest BCUT2D eigenvalue weighted by Gasteiger charge is -2.07. The summed E-state index contributed by atoms with van der Waals surface area (Å²) < 4.78 is 11.7. The monoisotopic (exact) mass is 316 g/mol. The summed E-state index contributed by atoms with van der Waals surface area (Å²) in [5.41, 5.74) is 1.48. The average Bonchev–Trinajstić information content (AvgIpc) is 2.82. The van der Waals surface area contributed by atoms with Crippen molar-refractivity contribution in [1.82, 2.24) is 9.78 Å². The molecular formula is C13H14Cl2N2O3. The van der Waals surface area contributed by atoms with Gasteiger partial charge >= 0.3 is 0 Å². The molecule has 2 aromatic rings. The maximum atomic E-state index is 9.35. The summed E-state index contributed by atoms with van der Waals surface area (Å²) in [5, 5.41) is 14.7. The van der Waals surface area contributed by atoms with E-state index in [0.717, 1.165) is 5.56 Å². The van der Waals surface area contributed by atoms with Crippen molar-refractivity contribution in [2.75, 3.05) is 13.9 Å². The first-order valence-corrected chi connectivity index (χ1v) is 6.63. The Balaban J connectivity index is 2.21. The molecule has 20 heavy (non-hydrogen) atoms. The molecule has 0 saturated heterocycles. The van der Waals surface area contributed by atoms with Gasteiger partial charge in [0.2, 0.25) is 5.88 Å². The molecule has 0 spiro atoms. The van der Waals surface area contributed by atoms with Crippen LogP contribution in [0.15, 0.2) is 24.3 Å². The molecule has 0 saturated carbocycles. The van der Waals surface area contributed by atoms with E-state index in [2.05, 4.69) is 5.10 Å². The molecule has 0 radical (unpaired) electrons. The Bertz CT molecular complexity index is 587. The van der Waals surface area contributed by atoms with Crippen molar-refractivity contribution in [3.63, 3.8) is 0 Å². The summed E-state index contributed by atoms with van der Waals surface area (Å²) in [4.78, 5) is 0. The van der Waals surface area contributed by atoms with Crippen molar-refractivity contribution in [3.8, 4) is 5.88 Å². The fraction of sp³-hybridized carbons (Fsp3) is 0.308. The number of rotatable bonds is 6. The molecule has 0 atom stereocenters. The number of ether oxygens (including phenoxy) is 2. The lowest BCUT2D eigenvalue weighted by molar-refractivity contribution is 0.0473. The number of aliphatic hydroxyl groups excluding tert-OH is 1. The Morgan fingerprint density at radius 3 is 2.75 bits per heavy atom. The number of hydrogen-bond donors (Lipinski definition) is 1. The molecule has 0 bridgehead atoms. The summed E-state index contributed by atoms with van der Waals surface area (Å²) in [6, 6.07) is 6.90. The highest BCUT2D eigenvalue weighted by molar-refractivity contribution is 6.35. The first-order chi connectivity index (χ1) is 9.63. The van der Waals surface area contributed by atoms with Crippen LogP contribution < -0.4 is 4.74 Å². The predicted octanol–water partition coefficient (Wildman–Crippen LogP) is 2.71. The van der Waals surface area contributed by atoms with Crippen LogP contribution in [0.4, 0.5) is 0 Å². The zero-order valence-corrected chi connectivity index (χ0v) is 12.4. The zero-order valence-electron chi connectivity index (χ0n) is 10.8. The van der Waals surface area contributed by atoms with Gasteiger partial charge in [-0.05, 0) is 17.7 Å².